The summed E-state index contributed by atoms with van der Waals surface area (Å²) in [5.74, 6) is 0. The standard InChI is InChI=1S/C5H8N.U.W/c1-2-4-6-5-3-1;;/h1-4H2;;/q-1;;. The van der Waals surface area contributed by atoms with E-state index in [1.54, 1.807) is 19.4 Å². The molecule has 1 fully saturated rings. The number of piperidine rings is 1. The van der Waals surface area contributed by atoms with Crippen LogP contribution in [0.3, 0.4) is 0 Å². The van der Waals surface area contributed by atoms with Gasteiger partial charge in [-0.2, -0.15) is 0 Å². The molecule has 3 heteroatoms. The van der Waals surface area contributed by atoms with Gasteiger partial charge in [0.2, 0.25) is 0 Å². The monoisotopic (exact) mass is 504 g/mol. The molecule has 1 nitrogen and oxygen atoms in total. The molecule has 0 saturated carbocycles. The van der Waals surface area contributed by atoms with E-state index in [0.29, 0.717) is 0 Å². The summed E-state index contributed by atoms with van der Waals surface area (Å²) in [6, 6.07) is 0. The molecule has 0 radical (unpaired) electrons. The number of rotatable bonds is 0. The summed E-state index contributed by atoms with van der Waals surface area (Å²) >= 11 is 1.56. The molecule has 0 N–H and O–H groups in total. The SMILES string of the molecule is [U].[W]=[C]1CCCC[N-]1. The molecule has 0 atom stereocenters. The molecule has 1 aliphatic heterocycles. The van der Waals surface area contributed by atoms with Gasteiger partial charge in [-0.25, -0.2) is 0 Å². The van der Waals surface area contributed by atoms with E-state index >= 15 is 0 Å². The summed E-state index contributed by atoms with van der Waals surface area (Å²) in [5, 5.41) is 4.28. The predicted octanol–water partition coefficient (Wildman–Crippen LogP) is 1.22. The Labute approximate surface area is 84.8 Å². The van der Waals surface area contributed by atoms with Crippen LogP contribution in [-0.4, -0.2) is 10.6 Å². The van der Waals surface area contributed by atoms with Crippen LogP contribution in [0.1, 0.15) is 19.3 Å². The van der Waals surface area contributed by atoms with Gasteiger partial charge < -0.3 is 0 Å². The molecule has 1 aliphatic rings. The van der Waals surface area contributed by atoms with Crippen molar-refractivity contribution in [2.45, 2.75) is 19.3 Å². The quantitative estimate of drug-likeness (QED) is 0.472. The molecule has 0 spiro atoms. The van der Waals surface area contributed by atoms with E-state index in [-0.39, 0.29) is 31.1 Å². The zero-order valence-electron chi connectivity index (χ0n) is 4.68. The maximum absolute atomic E-state index is 4.28. The topological polar surface area (TPSA) is 14.1 Å². The number of nitrogens with zero attached hydrogens (tertiary/aromatic N) is 1. The first kappa shape index (κ1) is 9.57. The molecule has 1 saturated heterocycles. The fourth-order valence-electron chi connectivity index (χ4n) is 0.671. The first-order valence-corrected chi connectivity index (χ1v) is 4.06. The van der Waals surface area contributed by atoms with Gasteiger partial charge >= 0.3 is 54.5 Å². The first-order chi connectivity index (χ1) is 3.39. The molecular formula is C5H8NUW-. The fourth-order valence-corrected chi connectivity index (χ4v) is 1.52. The van der Waals surface area contributed by atoms with Crippen molar-refractivity contribution in [1.29, 1.82) is 0 Å². The Bertz CT molecular complexity index is 76.5. The maximum atomic E-state index is 4.28. The van der Waals surface area contributed by atoms with Crippen LogP contribution in [0.15, 0.2) is 0 Å². The Morgan fingerprint density at radius 3 is 2.38 bits per heavy atom. The Balaban J connectivity index is 0.000000490. The van der Waals surface area contributed by atoms with E-state index in [1.807, 2.05) is 0 Å². The van der Waals surface area contributed by atoms with Crippen molar-refractivity contribution < 1.29 is 50.5 Å². The molecule has 0 aromatic carbocycles. The molecule has 0 aromatic heterocycles. The van der Waals surface area contributed by atoms with Crippen LogP contribution in [0.2, 0.25) is 0 Å². The molecule has 0 bridgehead atoms. The van der Waals surface area contributed by atoms with Crippen LogP contribution in [0.4, 0.5) is 0 Å². The summed E-state index contributed by atoms with van der Waals surface area (Å²) in [5.41, 5.74) is 0. The van der Waals surface area contributed by atoms with Gasteiger partial charge in [-0.1, -0.05) is 0 Å². The van der Waals surface area contributed by atoms with Crippen molar-refractivity contribution in [3.63, 3.8) is 0 Å². The second-order valence-corrected chi connectivity index (χ2v) is 3.43. The molecule has 8 heavy (non-hydrogen) atoms. The molecule has 0 aromatic rings. The minimum absolute atomic E-state index is 0. The summed E-state index contributed by atoms with van der Waals surface area (Å²) in [4.78, 5) is 0. The number of hydrogen-bond donors (Lipinski definition) is 0. The van der Waals surface area contributed by atoms with Gasteiger partial charge in [-0.05, 0) is 0 Å². The van der Waals surface area contributed by atoms with Crippen LogP contribution in [0.5, 0.6) is 0 Å². The average Bonchev–Trinajstić information content (AvgIpc) is 1.69. The van der Waals surface area contributed by atoms with Crippen molar-refractivity contribution in [1.82, 2.24) is 0 Å². The average molecular weight is 504 g/mol. The van der Waals surface area contributed by atoms with Crippen molar-refractivity contribution >= 4 is 4.02 Å². The van der Waals surface area contributed by atoms with Crippen molar-refractivity contribution in [3.8, 4) is 0 Å². The fraction of sp³-hybridized carbons (Fsp3) is 0.800. The zero-order valence-corrected chi connectivity index (χ0v) is 11.8. The van der Waals surface area contributed by atoms with Gasteiger partial charge in [0.1, 0.15) is 0 Å². The summed E-state index contributed by atoms with van der Waals surface area (Å²) in [7, 11) is 0. The van der Waals surface area contributed by atoms with Gasteiger partial charge in [0.25, 0.3) is 0 Å². The van der Waals surface area contributed by atoms with Crippen molar-refractivity contribution in [2.75, 3.05) is 6.54 Å². The molecular weight excluding hydrogens is 496 g/mol. The van der Waals surface area contributed by atoms with Gasteiger partial charge in [0.05, 0.1) is 0 Å². The van der Waals surface area contributed by atoms with Gasteiger partial charge in [0.15, 0.2) is 0 Å². The normalized spacial score (nSPS) is 19.8. The third kappa shape index (κ3) is 3.57. The zero-order chi connectivity index (χ0) is 5.11. The molecule has 0 amide bonds. The van der Waals surface area contributed by atoms with Gasteiger partial charge in [0, 0.05) is 31.1 Å². The van der Waals surface area contributed by atoms with Crippen LogP contribution in [0, 0.1) is 31.1 Å². The van der Waals surface area contributed by atoms with E-state index < -0.39 is 0 Å². The summed E-state index contributed by atoms with van der Waals surface area (Å²) < 4.78 is 1.42. The van der Waals surface area contributed by atoms with Crippen LogP contribution >= 0.6 is 0 Å². The first-order valence-electron chi connectivity index (χ1n) is 2.60. The van der Waals surface area contributed by atoms with Crippen LogP contribution in [0.25, 0.3) is 5.32 Å². The summed E-state index contributed by atoms with van der Waals surface area (Å²) in [6.45, 7) is 1.10. The Hall–Kier alpha value is 1.57. The summed E-state index contributed by atoms with van der Waals surface area (Å²) in [6.07, 6.45) is 3.97. The Morgan fingerprint density at radius 1 is 1.38 bits per heavy atom. The molecule has 0 unspecified atom stereocenters. The Kier molecular flexibility index (Phi) is 6.42. The van der Waals surface area contributed by atoms with Gasteiger partial charge in [-0.3, -0.25) is 0 Å². The second kappa shape index (κ2) is 5.36. The van der Waals surface area contributed by atoms with E-state index in [1.165, 1.54) is 23.3 Å². The van der Waals surface area contributed by atoms with E-state index in [9.17, 15) is 0 Å². The van der Waals surface area contributed by atoms with E-state index in [2.05, 4.69) is 5.32 Å². The second-order valence-electron chi connectivity index (χ2n) is 1.73. The number of hydrogen-bond acceptors (Lipinski definition) is 0. The molecule has 0 aliphatic carbocycles. The van der Waals surface area contributed by atoms with E-state index in [0.717, 1.165) is 6.54 Å². The van der Waals surface area contributed by atoms with Crippen molar-refractivity contribution in [3.05, 3.63) is 5.32 Å². The van der Waals surface area contributed by atoms with Crippen molar-refractivity contribution in [2.24, 2.45) is 0 Å². The van der Waals surface area contributed by atoms with Gasteiger partial charge in [-0.15, -0.1) is 0 Å². The third-order valence-corrected chi connectivity index (χ3v) is 2.28. The predicted molar refractivity (Wildman–Crippen MR) is 27.1 cm³/mol. The molecule has 1 heterocycles. The molecule has 44 valence electrons. The minimum atomic E-state index is 0. The van der Waals surface area contributed by atoms with E-state index in [4.69, 9.17) is 0 Å². The van der Waals surface area contributed by atoms with Crippen LogP contribution < -0.4 is 0 Å². The third-order valence-electron chi connectivity index (χ3n) is 1.09. The Morgan fingerprint density at radius 2 is 2.12 bits per heavy atom. The molecule has 1 rings (SSSR count). The van der Waals surface area contributed by atoms with Crippen LogP contribution in [-0.2, 0) is 19.4 Å².